The summed E-state index contributed by atoms with van der Waals surface area (Å²) in [6, 6.07) is 19.7. The maximum atomic E-state index is 13.2. The van der Waals surface area contributed by atoms with E-state index in [-0.39, 0.29) is 11.3 Å². The van der Waals surface area contributed by atoms with Crippen LogP contribution in [0.1, 0.15) is 27.0 Å². The molecule has 1 aliphatic heterocycles. The van der Waals surface area contributed by atoms with Crippen molar-refractivity contribution in [1.82, 2.24) is 0 Å². The Bertz CT molecular complexity index is 1140. The summed E-state index contributed by atoms with van der Waals surface area (Å²) in [5.74, 6) is -1.33. The van der Waals surface area contributed by atoms with Gasteiger partial charge in [0.1, 0.15) is 5.56 Å². The lowest BCUT2D eigenvalue weighted by molar-refractivity contribution is -0.385. The fraction of sp³-hybridized carbons (Fsp3) is 0.167. The van der Waals surface area contributed by atoms with Crippen LogP contribution < -0.4 is 4.90 Å². The van der Waals surface area contributed by atoms with E-state index in [1.165, 1.54) is 6.07 Å². The summed E-state index contributed by atoms with van der Waals surface area (Å²) in [4.78, 5) is 38.1. The molecule has 4 rings (SSSR count). The highest BCUT2D eigenvalue weighted by molar-refractivity contribution is 6.04. The van der Waals surface area contributed by atoms with Crippen LogP contribution in [0.25, 0.3) is 0 Å². The lowest BCUT2D eigenvalue weighted by atomic mass is 10.0. The first-order valence-electron chi connectivity index (χ1n) is 9.87. The van der Waals surface area contributed by atoms with Crippen molar-refractivity contribution in [1.29, 1.82) is 0 Å². The smallest absolute Gasteiger partial charge is 0.345 e. The summed E-state index contributed by atoms with van der Waals surface area (Å²) in [5, 5.41) is 11.4. The minimum absolute atomic E-state index is 0.172. The van der Waals surface area contributed by atoms with Crippen molar-refractivity contribution in [3.8, 4) is 0 Å². The first-order valence-corrected chi connectivity index (χ1v) is 9.87. The molecule has 1 aliphatic rings. The number of nitro groups is 1. The number of anilines is 2. The lowest BCUT2D eigenvalue weighted by Crippen LogP contribution is -2.31. The molecule has 7 nitrogen and oxygen atoms in total. The number of hydrogen-bond acceptors (Lipinski definition) is 5. The number of esters is 1. The van der Waals surface area contributed by atoms with Gasteiger partial charge in [-0.25, -0.2) is 4.79 Å². The van der Waals surface area contributed by atoms with Crippen LogP contribution in [0, 0.1) is 17.0 Å². The normalized spacial score (nSPS) is 12.4. The van der Waals surface area contributed by atoms with E-state index in [4.69, 9.17) is 4.74 Å². The van der Waals surface area contributed by atoms with Crippen LogP contribution in [0.4, 0.5) is 17.1 Å². The molecule has 0 aliphatic carbocycles. The number of carbonyl (C=O) groups excluding carboxylic acids is 2. The Kier molecular flexibility index (Phi) is 5.49. The van der Waals surface area contributed by atoms with Gasteiger partial charge < -0.3 is 4.74 Å². The fourth-order valence-corrected chi connectivity index (χ4v) is 3.88. The van der Waals surface area contributed by atoms with Crippen LogP contribution in [-0.4, -0.2) is 23.4 Å². The Morgan fingerprint density at radius 1 is 0.935 bits per heavy atom. The zero-order valence-corrected chi connectivity index (χ0v) is 16.9. The minimum Gasteiger partial charge on any atom is -0.452 e. The number of carbonyl (C=O) groups is 2. The van der Waals surface area contributed by atoms with Crippen LogP contribution in [-0.2, 0) is 22.4 Å². The van der Waals surface area contributed by atoms with Crippen LogP contribution in [0.2, 0.25) is 0 Å². The quantitative estimate of drug-likeness (QED) is 0.354. The van der Waals surface area contributed by atoms with Crippen LogP contribution in [0.15, 0.2) is 66.7 Å². The molecule has 1 amide bonds. The number of aryl methyl sites for hydroxylation is 3. The molecule has 7 heteroatoms. The van der Waals surface area contributed by atoms with E-state index < -0.39 is 23.4 Å². The third-order valence-electron chi connectivity index (χ3n) is 5.35. The van der Waals surface area contributed by atoms with Crippen molar-refractivity contribution < 1.29 is 19.2 Å². The van der Waals surface area contributed by atoms with Crippen molar-refractivity contribution in [2.75, 3.05) is 11.5 Å². The molecule has 0 saturated carbocycles. The third kappa shape index (κ3) is 3.90. The first-order chi connectivity index (χ1) is 15.0. The average Bonchev–Trinajstić information content (AvgIpc) is 2.93. The van der Waals surface area contributed by atoms with Gasteiger partial charge in [0.05, 0.1) is 16.3 Å². The van der Waals surface area contributed by atoms with Crippen molar-refractivity contribution >= 4 is 28.9 Å². The van der Waals surface area contributed by atoms with E-state index in [9.17, 15) is 19.7 Å². The van der Waals surface area contributed by atoms with Crippen LogP contribution in [0.3, 0.4) is 0 Å². The molecule has 3 aromatic rings. The van der Waals surface area contributed by atoms with E-state index in [1.54, 1.807) is 24.0 Å². The molecular formula is C24H20N2O5. The molecule has 0 fully saturated rings. The zero-order chi connectivity index (χ0) is 22.0. The molecule has 0 N–H and O–H groups in total. The highest BCUT2D eigenvalue weighted by Crippen LogP contribution is 2.36. The molecule has 0 unspecified atom stereocenters. The molecule has 0 bridgehead atoms. The molecule has 0 spiro atoms. The third-order valence-corrected chi connectivity index (χ3v) is 5.35. The molecular weight excluding hydrogens is 396 g/mol. The fourth-order valence-electron chi connectivity index (χ4n) is 3.88. The molecule has 3 aromatic carbocycles. The van der Waals surface area contributed by atoms with Gasteiger partial charge in [0.2, 0.25) is 0 Å². The Morgan fingerprint density at radius 2 is 1.52 bits per heavy atom. The zero-order valence-electron chi connectivity index (χ0n) is 16.9. The second-order valence-corrected chi connectivity index (χ2v) is 7.29. The Labute approximate surface area is 179 Å². The van der Waals surface area contributed by atoms with Gasteiger partial charge >= 0.3 is 5.97 Å². The summed E-state index contributed by atoms with van der Waals surface area (Å²) in [6.07, 6.45) is 1.57. The topological polar surface area (TPSA) is 89.8 Å². The van der Waals surface area contributed by atoms with Crippen molar-refractivity contribution in [3.63, 3.8) is 0 Å². The first kappa shape index (κ1) is 20.3. The predicted octanol–water partition coefficient (Wildman–Crippen LogP) is 4.52. The number of fused-ring (bicyclic) bond motifs is 2. The SMILES string of the molecule is Cc1cccc(C(=O)OCC(=O)N2c3ccccc3CCc3ccccc32)c1[N+](=O)[O-]. The van der Waals surface area contributed by atoms with Gasteiger partial charge in [0.15, 0.2) is 6.61 Å². The molecule has 0 aromatic heterocycles. The number of ether oxygens (including phenoxy) is 1. The monoisotopic (exact) mass is 416 g/mol. The molecule has 31 heavy (non-hydrogen) atoms. The number of benzene rings is 3. The van der Waals surface area contributed by atoms with Crippen LogP contribution >= 0.6 is 0 Å². The molecule has 156 valence electrons. The second-order valence-electron chi connectivity index (χ2n) is 7.29. The highest BCUT2D eigenvalue weighted by atomic mass is 16.6. The average molecular weight is 416 g/mol. The standard InChI is InChI=1S/C24H20N2O5/c1-16-7-6-10-19(23(16)26(29)30)24(28)31-15-22(27)25-20-11-4-2-8-17(20)13-14-18-9-3-5-12-21(18)25/h2-12H,13-15H2,1H3. The lowest BCUT2D eigenvalue weighted by Gasteiger charge is -2.24. The molecule has 0 saturated heterocycles. The summed E-state index contributed by atoms with van der Waals surface area (Å²) < 4.78 is 5.23. The van der Waals surface area contributed by atoms with E-state index in [0.29, 0.717) is 5.56 Å². The largest absolute Gasteiger partial charge is 0.452 e. The molecule has 0 atom stereocenters. The van der Waals surface area contributed by atoms with E-state index in [1.807, 2.05) is 48.5 Å². The summed E-state index contributed by atoms with van der Waals surface area (Å²) in [6.45, 7) is 1.01. The maximum Gasteiger partial charge on any atom is 0.345 e. The number of nitro benzene ring substituents is 1. The van der Waals surface area contributed by atoms with Gasteiger partial charge in [-0.1, -0.05) is 48.5 Å². The number of rotatable bonds is 4. The van der Waals surface area contributed by atoms with Crippen LogP contribution in [0.5, 0.6) is 0 Å². The van der Waals surface area contributed by atoms with Gasteiger partial charge in [-0.15, -0.1) is 0 Å². The summed E-state index contributed by atoms with van der Waals surface area (Å²) >= 11 is 0. The molecule has 0 radical (unpaired) electrons. The number of amides is 1. The van der Waals surface area contributed by atoms with Gasteiger partial charge in [0.25, 0.3) is 11.6 Å². The number of para-hydroxylation sites is 3. The van der Waals surface area contributed by atoms with Crippen molar-refractivity contribution in [3.05, 3.63) is 99.1 Å². The Hall–Kier alpha value is -4.00. The van der Waals surface area contributed by atoms with Gasteiger partial charge in [-0.3, -0.25) is 19.8 Å². The Morgan fingerprint density at radius 3 is 2.10 bits per heavy atom. The number of nitrogens with zero attached hydrogens (tertiary/aromatic N) is 2. The van der Waals surface area contributed by atoms with Crippen molar-refractivity contribution in [2.45, 2.75) is 19.8 Å². The van der Waals surface area contributed by atoms with E-state index in [2.05, 4.69) is 0 Å². The summed E-state index contributed by atoms with van der Waals surface area (Å²) in [5.41, 5.74) is 3.39. The van der Waals surface area contributed by atoms with Gasteiger partial charge in [0, 0.05) is 5.56 Å². The van der Waals surface area contributed by atoms with E-state index >= 15 is 0 Å². The maximum absolute atomic E-state index is 13.2. The highest BCUT2D eigenvalue weighted by Gasteiger charge is 2.28. The number of hydrogen-bond donors (Lipinski definition) is 0. The predicted molar refractivity (Wildman–Crippen MR) is 116 cm³/mol. The second kappa shape index (κ2) is 8.39. The molecule has 1 heterocycles. The van der Waals surface area contributed by atoms with Gasteiger partial charge in [-0.2, -0.15) is 0 Å². The summed E-state index contributed by atoms with van der Waals surface area (Å²) in [7, 11) is 0. The minimum atomic E-state index is -0.903. The van der Waals surface area contributed by atoms with Gasteiger partial charge in [-0.05, 0) is 49.1 Å². The van der Waals surface area contributed by atoms with Crippen molar-refractivity contribution in [2.24, 2.45) is 0 Å². The Balaban J connectivity index is 1.62. The van der Waals surface area contributed by atoms with E-state index in [0.717, 1.165) is 35.3 Å².